The fourth-order valence-corrected chi connectivity index (χ4v) is 3.36. The number of amides is 2. The highest BCUT2D eigenvalue weighted by Crippen LogP contribution is 2.30. The van der Waals surface area contributed by atoms with Crippen LogP contribution in [-0.4, -0.2) is 28.1 Å². The van der Waals surface area contributed by atoms with E-state index < -0.39 is 0 Å². The van der Waals surface area contributed by atoms with Gasteiger partial charge in [-0.2, -0.15) is 5.10 Å². The highest BCUT2D eigenvalue weighted by Gasteiger charge is 2.28. The minimum absolute atomic E-state index is 0.0233. The number of rotatable bonds is 5. The lowest BCUT2D eigenvalue weighted by Gasteiger charge is -2.21. The molecule has 2 amide bonds. The maximum atomic E-state index is 12.6. The highest BCUT2D eigenvalue weighted by atomic mass is 16.2. The fourth-order valence-electron chi connectivity index (χ4n) is 3.36. The largest absolute Gasteiger partial charge is 0.351 e. The number of fused-ring (bicyclic) bond motifs is 1. The van der Waals surface area contributed by atoms with Gasteiger partial charge in [-0.3, -0.25) is 14.7 Å². The summed E-state index contributed by atoms with van der Waals surface area (Å²) in [4.78, 5) is 24.7. The zero-order valence-corrected chi connectivity index (χ0v) is 14.0. The van der Waals surface area contributed by atoms with Gasteiger partial charge in [0.1, 0.15) is 0 Å². The Hall–Kier alpha value is -2.63. The second-order valence-corrected chi connectivity index (χ2v) is 6.91. The molecule has 130 valence electrons. The van der Waals surface area contributed by atoms with Crippen LogP contribution in [0.2, 0.25) is 0 Å². The maximum absolute atomic E-state index is 12.6. The molecule has 0 saturated heterocycles. The van der Waals surface area contributed by atoms with Crippen molar-refractivity contribution in [1.82, 2.24) is 20.8 Å². The molecule has 0 unspecified atom stereocenters. The minimum atomic E-state index is -0.135. The van der Waals surface area contributed by atoms with Gasteiger partial charge in [0.2, 0.25) is 5.91 Å². The molecule has 4 rings (SSSR count). The molecule has 2 aliphatic carbocycles. The number of carbonyl (C=O) groups is 2. The van der Waals surface area contributed by atoms with Gasteiger partial charge in [0, 0.05) is 29.4 Å². The van der Waals surface area contributed by atoms with E-state index in [0.29, 0.717) is 18.2 Å². The number of aryl methyl sites for hydroxylation is 1. The number of hydrogen-bond donors (Lipinski definition) is 3. The number of hydrogen-bond acceptors (Lipinski definition) is 3. The summed E-state index contributed by atoms with van der Waals surface area (Å²) in [7, 11) is 0. The lowest BCUT2D eigenvalue weighted by Crippen LogP contribution is -2.31. The molecular formula is C19H22N4O2. The molecular weight excluding hydrogens is 316 g/mol. The maximum Gasteiger partial charge on any atom is 0.251 e. The van der Waals surface area contributed by atoms with Crippen molar-refractivity contribution < 1.29 is 9.59 Å². The Morgan fingerprint density at radius 2 is 2.12 bits per heavy atom. The van der Waals surface area contributed by atoms with Crippen LogP contribution in [0.3, 0.4) is 0 Å². The highest BCUT2D eigenvalue weighted by molar-refractivity contribution is 5.94. The van der Waals surface area contributed by atoms with E-state index in [0.717, 1.165) is 48.9 Å². The van der Waals surface area contributed by atoms with Crippen LogP contribution in [0.4, 0.5) is 0 Å². The predicted octanol–water partition coefficient (Wildman–Crippen LogP) is 2.04. The number of aromatic nitrogens is 2. The molecule has 1 fully saturated rings. The number of carbonyl (C=O) groups excluding carboxylic acids is 2. The van der Waals surface area contributed by atoms with Crippen molar-refractivity contribution in [3.8, 4) is 0 Å². The number of aromatic amines is 1. The zero-order chi connectivity index (χ0) is 17.2. The topological polar surface area (TPSA) is 86.9 Å². The first-order valence-electron chi connectivity index (χ1n) is 8.90. The van der Waals surface area contributed by atoms with E-state index in [1.807, 2.05) is 24.3 Å². The molecule has 3 N–H and O–H groups in total. The molecule has 1 aromatic heterocycles. The lowest BCUT2D eigenvalue weighted by molar-refractivity contribution is -0.123. The Labute approximate surface area is 146 Å². The summed E-state index contributed by atoms with van der Waals surface area (Å²) < 4.78 is 0. The Morgan fingerprint density at radius 3 is 2.96 bits per heavy atom. The summed E-state index contributed by atoms with van der Waals surface area (Å²) in [6.07, 6.45) is 6.70. The predicted molar refractivity (Wildman–Crippen MR) is 93.0 cm³/mol. The first-order chi connectivity index (χ1) is 12.2. The smallest absolute Gasteiger partial charge is 0.251 e. The monoisotopic (exact) mass is 338 g/mol. The summed E-state index contributed by atoms with van der Waals surface area (Å²) in [6, 6.07) is 7.78. The van der Waals surface area contributed by atoms with Crippen molar-refractivity contribution in [1.29, 1.82) is 0 Å². The summed E-state index contributed by atoms with van der Waals surface area (Å²) >= 11 is 0. The van der Waals surface area contributed by atoms with E-state index in [4.69, 9.17) is 0 Å². The Morgan fingerprint density at radius 1 is 1.24 bits per heavy atom. The summed E-state index contributed by atoms with van der Waals surface area (Å²) in [5, 5.41) is 13.0. The molecule has 0 bridgehead atoms. The molecule has 1 aromatic carbocycles. The van der Waals surface area contributed by atoms with Crippen LogP contribution < -0.4 is 10.6 Å². The van der Waals surface area contributed by atoms with Crippen LogP contribution >= 0.6 is 0 Å². The van der Waals surface area contributed by atoms with E-state index in [-0.39, 0.29) is 17.7 Å². The van der Waals surface area contributed by atoms with Gasteiger partial charge in [0.15, 0.2) is 0 Å². The van der Waals surface area contributed by atoms with Gasteiger partial charge < -0.3 is 10.6 Å². The van der Waals surface area contributed by atoms with Crippen molar-refractivity contribution in [2.45, 2.75) is 50.6 Å². The van der Waals surface area contributed by atoms with Crippen molar-refractivity contribution in [2.75, 3.05) is 0 Å². The molecule has 0 aliphatic heterocycles. The third-order valence-corrected chi connectivity index (χ3v) is 4.93. The van der Waals surface area contributed by atoms with Crippen LogP contribution in [0.15, 0.2) is 30.5 Å². The zero-order valence-electron chi connectivity index (χ0n) is 14.0. The van der Waals surface area contributed by atoms with Crippen molar-refractivity contribution >= 4 is 11.8 Å². The van der Waals surface area contributed by atoms with Gasteiger partial charge in [-0.15, -0.1) is 0 Å². The molecule has 1 atom stereocenters. The molecule has 0 spiro atoms. The Bertz CT molecular complexity index is 794. The Kier molecular flexibility index (Phi) is 4.26. The van der Waals surface area contributed by atoms with Gasteiger partial charge in [0.05, 0.1) is 12.1 Å². The quantitative estimate of drug-likeness (QED) is 0.780. The van der Waals surface area contributed by atoms with Crippen LogP contribution in [0.1, 0.15) is 58.8 Å². The van der Waals surface area contributed by atoms with Crippen LogP contribution in [0, 0.1) is 0 Å². The molecule has 6 nitrogen and oxygen atoms in total. The van der Waals surface area contributed by atoms with E-state index in [9.17, 15) is 9.59 Å². The lowest BCUT2D eigenvalue weighted by atomic mass is 9.86. The third-order valence-electron chi connectivity index (χ3n) is 4.93. The van der Waals surface area contributed by atoms with E-state index >= 15 is 0 Å². The van der Waals surface area contributed by atoms with Crippen LogP contribution in [-0.2, 0) is 17.8 Å². The second-order valence-electron chi connectivity index (χ2n) is 6.91. The fraction of sp³-hybridized carbons (Fsp3) is 0.421. The van der Waals surface area contributed by atoms with Gasteiger partial charge in [-0.1, -0.05) is 12.1 Å². The molecule has 2 aromatic rings. The number of benzene rings is 1. The number of H-pyrrole nitrogens is 1. The molecule has 6 heteroatoms. The first kappa shape index (κ1) is 15.9. The third kappa shape index (κ3) is 3.57. The average molecular weight is 338 g/mol. The van der Waals surface area contributed by atoms with Gasteiger partial charge in [-0.25, -0.2) is 0 Å². The van der Waals surface area contributed by atoms with E-state index in [1.54, 1.807) is 6.20 Å². The average Bonchev–Trinajstić information content (AvgIpc) is 3.31. The Balaban J connectivity index is 1.38. The summed E-state index contributed by atoms with van der Waals surface area (Å²) in [6.45, 7) is 0.424. The number of nitrogens with zero attached hydrogens (tertiary/aromatic N) is 1. The summed E-state index contributed by atoms with van der Waals surface area (Å²) in [5.74, 6) is -0.148. The van der Waals surface area contributed by atoms with Crippen molar-refractivity contribution in [2.24, 2.45) is 0 Å². The minimum Gasteiger partial charge on any atom is -0.351 e. The van der Waals surface area contributed by atoms with Crippen LogP contribution in [0.25, 0.3) is 0 Å². The van der Waals surface area contributed by atoms with Crippen molar-refractivity contribution in [3.63, 3.8) is 0 Å². The normalized spacial score (nSPS) is 19.1. The van der Waals surface area contributed by atoms with Gasteiger partial charge >= 0.3 is 0 Å². The van der Waals surface area contributed by atoms with Crippen molar-refractivity contribution in [3.05, 3.63) is 52.8 Å². The van der Waals surface area contributed by atoms with Gasteiger partial charge in [-0.05, 0) is 49.8 Å². The first-order valence-corrected chi connectivity index (χ1v) is 8.90. The van der Waals surface area contributed by atoms with E-state index in [1.165, 1.54) is 0 Å². The summed E-state index contributed by atoms with van der Waals surface area (Å²) in [5.41, 5.74) is 3.67. The van der Waals surface area contributed by atoms with E-state index in [2.05, 4.69) is 20.8 Å². The molecule has 25 heavy (non-hydrogen) atoms. The standard InChI is InChI=1S/C19H22N4O2/c24-18(22-14-7-8-14)13-4-1-3-12(9-13)10-20-19(25)15-5-2-6-17-16(15)11-21-23-17/h1,3-4,9,11,14-15H,2,5-8,10H2,(H,20,25)(H,21,23)(H,22,24)/t15-/m0/s1. The van der Waals surface area contributed by atoms with Gasteiger partial charge in [0.25, 0.3) is 5.91 Å². The molecule has 1 heterocycles. The van der Waals surface area contributed by atoms with Crippen LogP contribution in [0.5, 0.6) is 0 Å². The molecule has 1 saturated carbocycles. The molecule has 0 radical (unpaired) electrons. The molecule has 2 aliphatic rings. The number of nitrogens with one attached hydrogen (secondary N) is 3. The second kappa shape index (κ2) is 6.70. The SMILES string of the molecule is O=C(NC1CC1)c1cccc(CNC(=O)[C@H]2CCCc3[nH]ncc32)c1.